The van der Waals surface area contributed by atoms with Crippen molar-refractivity contribution in [2.75, 3.05) is 0 Å². The largest absolute Gasteiger partial charge is 0.501 e. The summed E-state index contributed by atoms with van der Waals surface area (Å²) >= 11 is 0. The summed E-state index contributed by atoms with van der Waals surface area (Å²) < 4.78 is 0. The van der Waals surface area contributed by atoms with Gasteiger partial charge in [0.25, 0.3) is 0 Å². The number of hydrogen-bond acceptors (Lipinski definition) is 2. The van der Waals surface area contributed by atoms with E-state index in [1.54, 1.807) is 0 Å². The predicted molar refractivity (Wildman–Crippen MR) is 70.2 cm³/mol. The predicted octanol–water partition coefficient (Wildman–Crippen LogP) is 3.16. The lowest BCUT2D eigenvalue weighted by Crippen LogP contribution is -1.84. The van der Waals surface area contributed by atoms with E-state index in [2.05, 4.69) is 30.3 Å². The van der Waals surface area contributed by atoms with Crippen molar-refractivity contribution in [2.24, 2.45) is 0 Å². The second-order valence-corrected chi connectivity index (χ2v) is 3.58. The van der Waals surface area contributed by atoms with Crippen molar-refractivity contribution >= 4 is 5.78 Å². The monoisotopic (exact) mass is 230 g/mol. The molecule has 0 aliphatic rings. The second-order valence-electron chi connectivity index (χ2n) is 3.58. The van der Waals surface area contributed by atoms with Gasteiger partial charge in [0.15, 0.2) is 11.5 Å². The van der Waals surface area contributed by atoms with Crippen LogP contribution in [0.15, 0.2) is 24.5 Å². The molecule has 1 N–H and O–H groups in total. The van der Waals surface area contributed by atoms with Gasteiger partial charge in [0, 0.05) is 12.5 Å². The van der Waals surface area contributed by atoms with Gasteiger partial charge in [0.1, 0.15) is 0 Å². The van der Waals surface area contributed by atoms with Crippen molar-refractivity contribution in [3.63, 3.8) is 0 Å². The zero-order chi connectivity index (χ0) is 12.9. The van der Waals surface area contributed by atoms with Gasteiger partial charge in [0.2, 0.25) is 0 Å². The maximum atomic E-state index is 10.6. The van der Waals surface area contributed by atoms with Gasteiger partial charge in [-0.1, -0.05) is 18.4 Å². The highest BCUT2D eigenvalue weighted by Gasteiger charge is 1.87. The van der Waals surface area contributed by atoms with Gasteiger partial charge in [-0.2, -0.15) is 0 Å². The van der Waals surface area contributed by atoms with Crippen LogP contribution in [0.2, 0.25) is 0 Å². The summed E-state index contributed by atoms with van der Waals surface area (Å²) in [5.74, 6) is 9.95. The Kier molecular flexibility index (Phi) is 9.38. The highest BCUT2D eigenvalue weighted by molar-refractivity contribution is 5.88. The molecule has 0 bridgehead atoms. The number of allylic oxidation sites excluding steroid dienone is 3. The topological polar surface area (TPSA) is 37.3 Å². The molecule has 2 nitrogen and oxygen atoms in total. The SMILES string of the molecule is C=CCCCCCC#CC#C/C(O)=C/C(C)=O. The molecule has 0 aromatic heterocycles. The summed E-state index contributed by atoms with van der Waals surface area (Å²) in [6.07, 6.45) is 8.20. The van der Waals surface area contributed by atoms with Gasteiger partial charge in [-0.15, -0.1) is 6.58 Å². The Morgan fingerprint density at radius 3 is 2.71 bits per heavy atom. The molecule has 0 saturated carbocycles. The maximum Gasteiger partial charge on any atom is 0.171 e. The molecule has 0 aliphatic carbocycles. The van der Waals surface area contributed by atoms with Crippen molar-refractivity contribution in [1.82, 2.24) is 0 Å². The van der Waals surface area contributed by atoms with Crippen LogP contribution in [0.3, 0.4) is 0 Å². The molecule has 0 atom stereocenters. The van der Waals surface area contributed by atoms with Crippen molar-refractivity contribution in [3.8, 4) is 23.7 Å². The maximum absolute atomic E-state index is 10.6. The van der Waals surface area contributed by atoms with Crippen molar-refractivity contribution in [1.29, 1.82) is 0 Å². The van der Waals surface area contributed by atoms with Crippen LogP contribution >= 0.6 is 0 Å². The van der Waals surface area contributed by atoms with Crippen LogP contribution in [0.1, 0.15) is 39.0 Å². The Morgan fingerprint density at radius 1 is 1.29 bits per heavy atom. The van der Waals surface area contributed by atoms with Crippen LogP contribution in [-0.2, 0) is 4.79 Å². The Hall–Kier alpha value is -1.93. The highest BCUT2D eigenvalue weighted by atomic mass is 16.3. The zero-order valence-electron chi connectivity index (χ0n) is 10.3. The standard InChI is InChI=1S/C15H18O2/c1-3-4-5-6-7-8-9-10-11-12-15(17)13-14(2)16/h3,13,17H,1,4-8H2,2H3/b15-13-. The van der Waals surface area contributed by atoms with E-state index in [1.165, 1.54) is 6.92 Å². The highest BCUT2D eigenvalue weighted by Crippen LogP contribution is 2.01. The Bertz CT molecular complexity index is 394. The first kappa shape index (κ1) is 15.1. The van der Waals surface area contributed by atoms with Crippen molar-refractivity contribution in [2.45, 2.75) is 39.0 Å². The molecule has 0 saturated heterocycles. The molecule has 0 spiro atoms. The molecule has 90 valence electrons. The van der Waals surface area contributed by atoms with Gasteiger partial charge in [0.05, 0.1) is 0 Å². The third kappa shape index (κ3) is 12.0. The molecule has 0 aliphatic heterocycles. The summed E-state index contributed by atoms with van der Waals surface area (Å²) in [5.41, 5.74) is 0. The first-order valence-electron chi connectivity index (χ1n) is 5.68. The summed E-state index contributed by atoms with van der Waals surface area (Å²) in [6, 6.07) is 0. The minimum atomic E-state index is -0.238. The molecule has 0 fully saturated rings. The molecule has 17 heavy (non-hydrogen) atoms. The number of carbonyl (C=O) groups excluding carboxylic acids is 1. The lowest BCUT2D eigenvalue weighted by molar-refractivity contribution is -0.112. The quantitative estimate of drug-likeness (QED) is 0.250. The Morgan fingerprint density at radius 2 is 2.06 bits per heavy atom. The van der Waals surface area contributed by atoms with E-state index in [9.17, 15) is 4.79 Å². The molecule has 0 rings (SSSR count). The number of carbonyl (C=O) groups is 1. The van der Waals surface area contributed by atoms with E-state index in [0.717, 1.165) is 38.2 Å². The van der Waals surface area contributed by atoms with E-state index in [1.807, 2.05) is 6.08 Å². The number of unbranched alkanes of at least 4 members (excludes halogenated alkanes) is 4. The fourth-order valence-corrected chi connectivity index (χ4v) is 1.11. The van der Waals surface area contributed by atoms with Crippen LogP contribution in [-0.4, -0.2) is 10.9 Å². The summed E-state index contributed by atoms with van der Waals surface area (Å²) in [4.78, 5) is 10.6. The first-order chi connectivity index (χ1) is 8.16. The molecule has 0 aromatic rings. The van der Waals surface area contributed by atoms with E-state index >= 15 is 0 Å². The lowest BCUT2D eigenvalue weighted by atomic mass is 10.1. The smallest absolute Gasteiger partial charge is 0.171 e. The molecule has 0 radical (unpaired) electrons. The van der Waals surface area contributed by atoms with Crippen LogP contribution in [0, 0.1) is 23.7 Å². The molecule has 0 aromatic carbocycles. The van der Waals surface area contributed by atoms with Crippen molar-refractivity contribution < 1.29 is 9.90 Å². The minimum Gasteiger partial charge on any atom is -0.501 e. The first-order valence-corrected chi connectivity index (χ1v) is 5.68. The average molecular weight is 230 g/mol. The molecule has 0 heterocycles. The van der Waals surface area contributed by atoms with Gasteiger partial charge in [-0.25, -0.2) is 0 Å². The van der Waals surface area contributed by atoms with Gasteiger partial charge in [-0.3, -0.25) is 4.79 Å². The van der Waals surface area contributed by atoms with E-state index in [-0.39, 0.29) is 11.5 Å². The van der Waals surface area contributed by atoms with Gasteiger partial charge in [-0.05, 0) is 43.9 Å². The van der Waals surface area contributed by atoms with Gasteiger partial charge >= 0.3 is 0 Å². The van der Waals surface area contributed by atoms with Crippen LogP contribution in [0.4, 0.5) is 0 Å². The zero-order valence-corrected chi connectivity index (χ0v) is 10.3. The van der Waals surface area contributed by atoms with Crippen molar-refractivity contribution in [3.05, 3.63) is 24.5 Å². The fourth-order valence-electron chi connectivity index (χ4n) is 1.11. The van der Waals surface area contributed by atoms with E-state index < -0.39 is 0 Å². The third-order valence-electron chi connectivity index (χ3n) is 1.89. The minimum absolute atomic E-state index is 0.230. The fraction of sp³-hybridized carbons (Fsp3) is 0.400. The number of aliphatic hydroxyl groups is 1. The Balaban J connectivity index is 3.78. The van der Waals surface area contributed by atoms with Crippen LogP contribution < -0.4 is 0 Å². The number of ketones is 1. The molecule has 0 unspecified atom stereocenters. The summed E-state index contributed by atoms with van der Waals surface area (Å²) in [7, 11) is 0. The van der Waals surface area contributed by atoms with Crippen LogP contribution in [0.25, 0.3) is 0 Å². The molecular formula is C15H18O2. The molecule has 2 heteroatoms. The molecular weight excluding hydrogens is 212 g/mol. The van der Waals surface area contributed by atoms with Crippen LogP contribution in [0.5, 0.6) is 0 Å². The summed E-state index contributed by atoms with van der Waals surface area (Å²) in [6.45, 7) is 5.01. The van der Waals surface area contributed by atoms with E-state index in [4.69, 9.17) is 5.11 Å². The normalized spacial score (nSPS) is 9.59. The van der Waals surface area contributed by atoms with Gasteiger partial charge < -0.3 is 5.11 Å². The number of rotatable bonds is 6. The van der Waals surface area contributed by atoms with E-state index in [0.29, 0.717) is 0 Å². The average Bonchev–Trinajstić information content (AvgIpc) is 2.26. The number of aliphatic hydroxyl groups excluding tert-OH is 1. The lowest BCUT2D eigenvalue weighted by Gasteiger charge is -1.91. The third-order valence-corrected chi connectivity index (χ3v) is 1.89. The summed E-state index contributed by atoms with van der Waals surface area (Å²) in [5, 5.41) is 9.11. The molecule has 0 amide bonds. The number of hydrogen-bond donors (Lipinski definition) is 1. The second kappa shape index (κ2) is 10.6. The Labute approximate surface area is 103 Å².